The fourth-order valence-corrected chi connectivity index (χ4v) is 15.0. The minimum Gasteiger partial charge on any atom is -0.394 e. The maximum atomic E-state index is 13.7. The summed E-state index contributed by atoms with van der Waals surface area (Å²) >= 11 is 0. The Balaban J connectivity index is 1.07. The Labute approximate surface area is 669 Å². The Kier molecular flexibility index (Phi) is 36.0. The Morgan fingerprint density at radius 1 is 0.288 bits per heavy atom. The third-order valence-electron chi connectivity index (χ3n) is 21.6. The molecule has 0 spiro atoms. The van der Waals surface area contributed by atoms with Crippen LogP contribution in [0.3, 0.4) is 0 Å². The van der Waals surface area contributed by atoms with Gasteiger partial charge in [-0.2, -0.15) is 0 Å². The van der Waals surface area contributed by atoms with E-state index in [1.165, 1.54) is 13.8 Å². The molecule has 52 nitrogen and oxygen atoms in total. The highest BCUT2D eigenvalue weighted by Crippen LogP contribution is 2.41. The van der Waals surface area contributed by atoms with E-state index < -0.39 is 378 Å². The molecule has 9 aliphatic rings. The second-order valence-corrected chi connectivity index (χ2v) is 30.0. The lowest BCUT2D eigenvalue weighted by Gasteiger charge is -2.52. The van der Waals surface area contributed by atoms with Crippen molar-refractivity contribution in [3.8, 4) is 0 Å². The standard InChI is InChI=1S/C66H113N3O49/c1-15-32(83)40(91)44(95)61(102-15)112-52-27(13-77)109-60(31(69-19(5)80)55(52)116-64-47(98)43(94)36(87)23(9-73)106-64)117-56-38(89)25(11-75)107-65(48(56)99)113-51-26(12-76)108-58(30(68-18(4)79)54(51)115-62-45(96)41(92)33(84)16(2)103-62)101-14-28-39(90)57(49(100)66(110-28)111-50(21(82)7-71)34(85)20(81)6-70)118-59-29(67-17(3)78)53(37(88)24(10-74)104-59)114-63-46(97)42(93)35(86)22(8-72)105-63/h15-16,20-66,70-77,81-100H,6-14H2,1-5H3,(H,67,78)(H,68,79)(H,69,80)/t15-,16-,20-,21+,22+,23+,24+,25+,26+,27+,28+,29+,30+,31+,32+,33+,34+,35-,36-,37+,38-,39-,40+,41+,42-,43-,44-,45-,46+,47+,48+,49+,50+,51+,52+,53+,54+,55+,56-,57-,58+,59-,60-,61-,62-,63-,64-,65-,66-/m0/s1. The van der Waals surface area contributed by atoms with Gasteiger partial charge in [-0.25, -0.2) is 0 Å². The van der Waals surface area contributed by atoms with E-state index in [1.54, 1.807) is 0 Å². The van der Waals surface area contributed by atoms with Gasteiger partial charge in [0.25, 0.3) is 0 Å². The van der Waals surface area contributed by atoms with Crippen LogP contribution < -0.4 is 16.0 Å². The summed E-state index contributed by atoms with van der Waals surface area (Å²) in [6.45, 7) is -5.38. The average Bonchev–Trinajstić information content (AvgIpc) is 0.762. The molecular formula is C66H113N3O49. The zero-order chi connectivity index (χ0) is 87.2. The van der Waals surface area contributed by atoms with Gasteiger partial charge in [-0.05, 0) is 13.8 Å². The molecule has 9 aliphatic heterocycles. The number of amides is 3. The van der Waals surface area contributed by atoms with E-state index in [-0.39, 0.29) is 0 Å². The molecule has 31 N–H and O–H groups in total. The molecule has 0 unspecified atom stereocenters. The third-order valence-corrected chi connectivity index (χ3v) is 21.6. The average molecular weight is 1730 g/mol. The van der Waals surface area contributed by atoms with E-state index in [2.05, 4.69) is 16.0 Å². The van der Waals surface area contributed by atoms with Crippen LogP contribution in [-0.2, 0) is 99.6 Å². The van der Waals surface area contributed by atoms with Crippen molar-refractivity contribution in [3.63, 3.8) is 0 Å². The van der Waals surface area contributed by atoms with Gasteiger partial charge in [-0.1, -0.05) is 0 Å². The quantitative estimate of drug-likeness (QED) is 0.0290. The first-order chi connectivity index (χ1) is 55.7. The third kappa shape index (κ3) is 21.8. The minimum atomic E-state index is -2.52. The van der Waals surface area contributed by atoms with Gasteiger partial charge in [-0.3, -0.25) is 14.4 Å². The molecule has 0 radical (unpaired) electrons. The van der Waals surface area contributed by atoms with Crippen LogP contribution in [0.15, 0.2) is 0 Å². The van der Waals surface area contributed by atoms with Crippen molar-refractivity contribution in [1.82, 2.24) is 16.0 Å². The largest absolute Gasteiger partial charge is 0.394 e. The Morgan fingerprint density at radius 3 is 0.958 bits per heavy atom. The van der Waals surface area contributed by atoms with Crippen molar-refractivity contribution >= 4 is 17.7 Å². The van der Waals surface area contributed by atoms with Crippen molar-refractivity contribution in [2.75, 3.05) is 59.5 Å². The number of hydrogen-bond donors (Lipinski definition) is 31. The predicted molar refractivity (Wildman–Crippen MR) is 364 cm³/mol. The highest BCUT2D eigenvalue weighted by atomic mass is 16.8. The van der Waals surface area contributed by atoms with Gasteiger partial charge in [0.2, 0.25) is 17.7 Å². The molecule has 0 aromatic rings. The highest BCUT2D eigenvalue weighted by Gasteiger charge is 2.62. The molecule has 118 heavy (non-hydrogen) atoms. The monoisotopic (exact) mass is 1730 g/mol. The molecular weight excluding hydrogens is 1620 g/mol. The molecule has 0 bridgehead atoms. The SMILES string of the molecule is CC(=O)N[C@H]1[C@H](O[C@H]2[C@@H](O)[C@@H](CO)O[C@@H](O[C@H]3[C@H](O[C@@H]4O[C@@H](C)[C@@H](O)[C@@H](O)[C@@H]4O)[C@@H](NC(C)=O)[C@H](OC[C@H]4O[C@@H](O[C@@H]([C@H](O)[C@@H](O)CO)[C@H](O)CO)[C@H](O)[C@@H](O[C@@H]5O[C@H](CO)[C@@H](O)[C@H](O[C@@H]6O[C@H](CO)[C@H](O)[C@H](O)[C@H]6O)[C@H]5NC(C)=O)[C@H]4O)O[C@@H]3CO)[C@@H]2O)O[C@H](CO)[C@@H](O[C@@H]2O[C@@H](C)[C@@H](O)[C@@H](O)[C@@H]2O)[C@@H]1O[C@@H]1O[C@H](CO)[C@H](O)[C@H](O)[C@H]1O. The fourth-order valence-electron chi connectivity index (χ4n) is 15.0. The van der Waals surface area contributed by atoms with Crippen LogP contribution in [0.1, 0.15) is 34.6 Å². The second kappa shape index (κ2) is 43.2. The van der Waals surface area contributed by atoms with Gasteiger partial charge in [0.15, 0.2) is 56.6 Å². The molecule has 686 valence electrons. The second-order valence-electron chi connectivity index (χ2n) is 30.0. The molecule has 9 heterocycles. The molecule has 9 rings (SSSR count). The number of carbonyl (C=O) groups is 3. The van der Waals surface area contributed by atoms with Crippen LogP contribution in [-0.4, -0.2) is 521 Å². The first kappa shape index (κ1) is 98.4. The van der Waals surface area contributed by atoms with Crippen molar-refractivity contribution in [2.45, 2.75) is 335 Å². The summed E-state index contributed by atoms with van der Waals surface area (Å²) in [5, 5.41) is 316. The fraction of sp³-hybridized carbons (Fsp3) is 0.955. The zero-order valence-corrected chi connectivity index (χ0v) is 63.7. The lowest BCUT2D eigenvalue weighted by molar-refractivity contribution is -0.395. The van der Waals surface area contributed by atoms with Crippen LogP contribution >= 0.6 is 0 Å². The van der Waals surface area contributed by atoms with Gasteiger partial charge in [0.05, 0.1) is 71.7 Å². The van der Waals surface area contributed by atoms with Crippen molar-refractivity contribution in [1.29, 1.82) is 0 Å². The summed E-state index contributed by atoms with van der Waals surface area (Å²) in [5.74, 6) is -3.00. The van der Waals surface area contributed by atoms with Gasteiger partial charge < -0.3 is 244 Å². The minimum absolute atomic E-state index is 0.902. The van der Waals surface area contributed by atoms with Crippen molar-refractivity contribution in [3.05, 3.63) is 0 Å². The first-order valence-corrected chi connectivity index (χ1v) is 37.8. The van der Waals surface area contributed by atoms with E-state index in [1.807, 2.05) is 0 Å². The summed E-state index contributed by atoms with van der Waals surface area (Å²) in [5.41, 5.74) is 0. The number of aliphatic hydroxyl groups is 28. The number of hydrogen-bond acceptors (Lipinski definition) is 49. The number of nitrogens with one attached hydrogen (secondary N) is 3. The molecule has 0 aliphatic carbocycles. The molecule has 0 aromatic heterocycles. The van der Waals surface area contributed by atoms with Gasteiger partial charge >= 0.3 is 0 Å². The molecule has 0 saturated carbocycles. The Bertz CT molecular complexity index is 3080. The van der Waals surface area contributed by atoms with E-state index >= 15 is 0 Å². The summed E-state index contributed by atoms with van der Waals surface area (Å²) in [7, 11) is 0. The van der Waals surface area contributed by atoms with E-state index in [4.69, 9.17) is 85.3 Å². The van der Waals surface area contributed by atoms with Crippen LogP contribution in [0.5, 0.6) is 0 Å². The molecule has 49 atom stereocenters. The van der Waals surface area contributed by atoms with Crippen LogP contribution in [0.4, 0.5) is 0 Å². The number of ether oxygens (including phenoxy) is 18. The lowest BCUT2D eigenvalue weighted by Crippen LogP contribution is -2.72. The highest BCUT2D eigenvalue weighted by molar-refractivity contribution is 5.74. The van der Waals surface area contributed by atoms with Crippen molar-refractivity contribution < 1.29 is 243 Å². The van der Waals surface area contributed by atoms with E-state index in [0.29, 0.717) is 0 Å². The molecule has 9 saturated heterocycles. The topological polar surface area (TPSA) is 820 Å². The lowest BCUT2D eigenvalue weighted by atomic mass is 9.93. The number of aliphatic hydroxyl groups excluding tert-OH is 28. The van der Waals surface area contributed by atoms with Gasteiger partial charge in [0.1, 0.15) is 232 Å². The van der Waals surface area contributed by atoms with E-state index in [0.717, 1.165) is 20.8 Å². The van der Waals surface area contributed by atoms with Crippen molar-refractivity contribution in [2.24, 2.45) is 0 Å². The first-order valence-electron chi connectivity index (χ1n) is 37.8. The summed E-state index contributed by atoms with van der Waals surface area (Å²) in [4.78, 5) is 40.1. The Morgan fingerprint density at radius 2 is 0.568 bits per heavy atom. The zero-order valence-electron chi connectivity index (χ0n) is 63.7. The van der Waals surface area contributed by atoms with Gasteiger partial charge in [-0.15, -0.1) is 0 Å². The van der Waals surface area contributed by atoms with Crippen LogP contribution in [0.2, 0.25) is 0 Å². The maximum absolute atomic E-state index is 13.7. The smallest absolute Gasteiger partial charge is 0.217 e. The molecule has 3 amide bonds. The van der Waals surface area contributed by atoms with Crippen LogP contribution in [0.25, 0.3) is 0 Å². The number of rotatable bonds is 33. The summed E-state index contributed by atoms with van der Waals surface area (Å²) in [6, 6.07) is -6.01. The Hall–Kier alpha value is -3.43. The molecule has 0 aromatic carbocycles. The normalized spacial score (nSPS) is 48.2. The maximum Gasteiger partial charge on any atom is 0.217 e. The predicted octanol–water partition coefficient (Wildman–Crippen LogP) is -20.7. The molecule has 9 fully saturated rings. The molecule has 52 heteroatoms. The summed E-state index contributed by atoms with van der Waals surface area (Å²) in [6.07, 6.45) is -96.6. The van der Waals surface area contributed by atoms with Gasteiger partial charge in [0, 0.05) is 20.8 Å². The number of carbonyl (C=O) groups excluding carboxylic acids is 3. The van der Waals surface area contributed by atoms with Crippen LogP contribution in [0, 0.1) is 0 Å². The summed E-state index contributed by atoms with van der Waals surface area (Å²) < 4.78 is 108. The van der Waals surface area contributed by atoms with E-state index in [9.17, 15) is 157 Å².